The molecule has 25 heavy (non-hydrogen) atoms. The lowest BCUT2D eigenvalue weighted by Gasteiger charge is -2.21. The molecule has 2 aromatic rings. The first-order chi connectivity index (χ1) is 12.1. The summed E-state index contributed by atoms with van der Waals surface area (Å²) in [7, 11) is 3.34. The number of nitrogens with one attached hydrogen (secondary N) is 1. The van der Waals surface area contributed by atoms with Gasteiger partial charge in [0.25, 0.3) is 5.91 Å². The average Bonchev–Trinajstić information content (AvgIpc) is 3.14. The zero-order valence-electron chi connectivity index (χ0n) is 14.6. The maximum Gasteiger partial charge on any atom is 0.256 e. The van der Waals surface area contributed by atoms with Gasteiger partial charge in [0.1, 0.15) is 11.6 Å². The van der Waals surface area contributed by atoms with Crippen LogP contribution < -0.4 is 10.1 Å². The summed E-state index contributed by atoms with van der Waals surface area (Å²) in [6.45, 7) is 2.54. The summed E-state index contributed by atoms with van der Waals surface area (Å²) in [5.74, 6) is 0.426. The zero-order valence-corrected chi connectivity index (χ0v) is 14.6. The van der Waals surface area contributed by atoms with Crippen molar-refractivity contribution in [3.63, 3.8) is 0 Å². The number of halogens is 1. The minimum atomic E-state index is -0.491. The Hall–Kier alpha value is -2.40. The molecule has 2 aromatic carbocycles. The second-order valence-electron chi connectivity index (χ2n) is 6.47. The quantitative estimate of drug-likeness (QED) is 0.907. The minimum absolute atomic E-state index is 0.116. The summed E-state index contributed by atoms with van der Waals surface area (Å²) < 4.78 is 19.7. The smallest absolute Gasteiger partial charge is 0.256 e. The van der Waals surface area contributed by atoms with Crippen molar-refractivity contribution in [2.45, 2.75) is 6.42 Å². The number of methoxy groups -OCH3 is 1. The van der Waals surface area contributed by atoms with Crippen LogP contribution >= 0.6 is 0 Å². The van der Waals surface area contributed by atoms with Crippen LogP contribution in [0.5, 0.6) is 5.75 Å². The number of nitrogens with zero attached hydrogens (tertiary/aromatic N) is 1. The van der Waals surface area contributed by atoms with Crippen molar-refractivity contribution in [1.29, 1.82) is 0 Å². The number of hydrogen-bond acceptors (Lipinski definition) is 3. The Morgan fingerprint density at radius 1 is 1.24 bits per heavy atom. The lowest BCUT2D eigenvalue weighted by atomic mass is 10.0. The van der Waals surface area contributed by atoms with E-state index in [2.05, 4.69) is 5.32 Å². The van der Waals surface area contributed by atoms with Crippen LogP contribution in [0.15, 0.2) is 42.5 Å². The molecule has 1 aliphatic rings. The minimum Gasteiger partial charge on any atom is -0.497 e. The molecule has 132 valence electrons. The Labute approximate surface area is 147 Å². The molecule has 0 saturated carbocycles. The summed E-state index contributed by atoms with van der Waals surface area (Å²) in [5.41, 5.74) is 1.73. The molecule has 1 aliphatic heterocycles. The molecule has 1 saturated heterocycles. The maximum atomic E-state index is 14.5. The fraction of sp³-hybridized carbons (Fsp3) is 0.350. The molecule has 1 amide bonds. The van der Waals surface area contributed by atoms with Crippen molar-refractivity contribution in [2.75, 3.05) is 33.8 Å². The van der Waals surface area contributed by atoms with Gasteiger partial charge in [0.05, 0.1) is 12.7 Å². The van der Waals surface area contributed by atoms with Gasteiger partial charge in [-0.25, -0.2) is 4.39 Å². The Morgan fingerprint density at radius 3 is 2.56 bits per heavy atom. The van der Waals surface area contributed by atoms with Crippen LogP contribution in [-0.4, -0.2) is 44.6 Å². The van der Waals surface area contributed by atoms with Crippen molar-refractivity contribution in [1.82, 2.24) is 10.2 Å². The number of benzene rings is 2. The van der Waals surface area contributed by atoms with Gasteiger partial charge in [-0.1, -0.05) is 18.2 Å². The van der Waals surface area contributed by atoms with Crippen molar-refractivity contribution in [3.8, 4) is 16.9 Å². The fourth-order valence-electron chi connectivity index (χ4n) is 3.20. The van der Waals surface area contributed by atoms with E-state index in [9.17, 15) is 9.18 Å². The zero-order chi connectivity index (χ0) is 17.8. The number of hydrogen-bond donors (Lipinski definition) is 1. The molecule has 0 aliphatic carbocycles. The van der Waals surface area contributed by atoms with E-state index in [1.54, 1.807) is 31.2 Å². The van der Waals surface area contributed by atoms with Gasteiger partial charge in [-0.05, 0) is 60.8 Å². The Balaban J connectivity index is 1.75. The predicted molar refractivity (Wildman–Crippen MR) is 96.3 cm³/mol. The molecule has 0 spiro atoms. The standard InChI is InChI=1S/C20H23FN2O2/c1-23(13-14-9-10-22-12-14)20(24)18-8-5-16(11-19(18)21)15-3-6-17(25-2)7-4-15/h3-8,11,14,22H,9-10,12-13H2,1-2H3. The van der Waals surface area contributed by atoms with Crippen LogP contribution in [0.2, 0.25) is 0 Å². The molecule has 5 heteroatoms. The lowest BCUT2D eigenvalue weighted by Crippen LogP contribution is -2.33. The predicted octanol–water partition coefficient (Wildman–Crippen LogP) is 3.18. The van der Waals surface area contributed by atoms with Gasteiger partial charge in [-0.15, -0.1) is 0 Å². The highest BCUT2D eigenvalue weighted by Crippen LogP contribution is 2.25. The SMILES string of the molecule is COc1ccc(-c2ccc(C(=O)N(C)CC3CCNC3)c(F)c2)cc1. The van der Waals surface area contributed by atoms with Crippen molar-refractivity contribution in [2.24, 2.45) is 5.92 Å². The third kappa shape index (κ3) is 3.99. The van der Waals surface area contributed by atoms with E-state index in [-0.39, 0.29) is 11.5 Å². The second-order valence-corrected chi connectivity index (χ2v) is 6.47. The Kier molecular flexibility index (Phi) is 5.34. The summed E-state index contributed by atoms with van der Waals surface area (Å²) in [6.07, 6.45) is 1.05. The molecule has 3 rings (SSSR count). The second kappa shape index (κ2) is 7.66. The van der Waals surface area contributed by atoms with Crippen molar-refractivity contribution < 1.29 is 13.9 Å². The highest BCUT2D eigenvalue weighted by Gasteiger charge is 2.22. The van der Waals surface area contributed by atoms with Crippen LogP contribution in [-0.2, 0) is 0 Å². The highest BCUT2D eigenvalue weighted by molar-refractivity contribution is 5.94. The van der Waals surface area contributed by atoms with Gasteiger partial charge in [0.2, 0.25) is 0 Å². The van der Waals surface area contributed by atoms with Gasteiger partial charge < -0.3 is 15.0 Å². The average molecular weight is 342 g/mol. The van der Waals surface area contributed by atoms with Crippen LogP contribution in [0.1, 0.15) is 16.8 Å². The molecule has 1 fully saturated rings. The number of carbonyl (C=O) groups excluding carboxylic acids is 1. The largest absolute Gasteiger partial charge is 0.497 e. The molecule has 0 bridgehead atoms. The number of carbonyl (C=O) groups is 1. The number of amides is 1. The molecule has 4 nitrogen and oxygen atoms in total. The normalized spacial score (nSPS) is 16.7. The summed E-state index contributed by atoms with van der Waals surface area (Å²) in [6, 6.07) is 12.2. The van der Waals surface area contributed by atoms with E-state index >= 15 is 0 Å². The van der Waals surface area contributed by atoms with Crippen LogP contribution in [0, 0.1) is 11.7 Å². The Morgan fingerprint density at radius 2 is 1.96 bits per heavy atom. The summed E-state index contributed by atoms with van der Waals surface area (Å²) in [5, 5.41) is 3.28. The number of ether oxygens (including phenoxy) is 1. The number of rotatable bonds is 5. The molecular formula is C20H23FN2O2. The molecule has 0 radical (unpaired) electrons. The van der Waals surface area contributed by atoms with Gasteiger partial charge in [0, 0.05) is 13.6 Å². The molecule has 1 heterocycles. The van der Waals surface area contributed by atoms with Gasteiger partial charge in [0.15, 0.2) is 0 Å². The third-order valence-corrected chi connectivity index (χ3v) is 4.66. The van der Waals surface area contributed by atoms with E-state index in [0.29, 0.717) is 12.5 Å². The van der Waals surface area contributed by atoms with Gasteiger partial charge in [-0.2, -0.15) is 0 Å². The topological polar surface area (TPSA) is 41.6 Å². The lowest BCUT2D eigenvalue weighted by molar-refractivity contribution is 0.0771. The fourth-order valence-corrected chi connectivity index (χ4v) is 3.20. The summed E-state index contributed by atoms with van der Waals surface area (Å²) in [4.78, 5) is 14.1. The first kappa shape index (κ1) is 17.4. The maximum absolute atomic E-state index is 14.5. The van der Waals surface area contributed by atoms with Crippen molar-refractivity contribution >= 4 is 5.91 Å². The van der Waals surface area contributed by atoms with Crippen LogP contribution in [0.25, 0.3) is 11.1 Å². The Bertz CT molecular complexity index is 740. The monoisotopic (exact) mass is 342 g/mol. The van der Waals surface area contributed by atoms with E-state index in [1.807, 2.05) is 24.3 Å². The van der Waals surface area contributed by atoms with Crippen LogP contribution in [0.4, 0.5) is 4.39 Å². The third-order valence-electron chi connectivity index (χ3n) is 4.66. The van der Waals surface area contributed by atoms with E-state index < -0.39 is 5.82 Å². The van der Waals surface area contributed by atoms with E-state index in [1.165, 1.54) is 6.07 Å². The highest BCUT2D eigenvalue weighted by atomic mass is 19.1. The van der Waals surface area contributed by atoms with Crippen molar-refractivity contribution in [3.05, 3.63) is 53.8 Å². The summed E-state index contributed by atoms with van der Waals surface area (Å²) >= 11 is 0. The van der Waals surface area contributed by atoms with Gasteiger partial charge in [-0.3, -0.25) is 4.79 Å². The first-order valence-corrected chi connectivity index (χ1v) is 8.48. The molecule has 0 aromatic heterocycles. The van der Waals surface area contributed by atoms with E-state index in [4.69, 9.17) is 4.74 Å². The molecule has 1 unspecified atom stereocenters. The molecular weight excluding hydrogens is 319 g/mol. The van der Waals surface area contributed by atoms with E-state index in [0.717, 1.165) is 36.4 Å². The molecule has 1 N–H and O–H groups in total. The van der Waals surface area contributed by atoms with Crippen LogP contribution in [0.3, 0.4) is 0 Å². The van der Waals surface area contributed by atoms with Gasteiger partial charge >= 0.3 is 0 Å². The first-order valence-electron chi connectivity index (χ1n) is 8.48. The molecule has 1 atom stereocenters.